The molecule has 1 aromatic heterocycles. The van der Waals surface area contributed by atoms with Crippen molar-refractivity contribution in [1.82, 2.24) is 15.3 Å². The maximum absolute atomic E-state index is 13.0. The molecule has 3 aromatic rings. The first-order chi connectivity index (χ1) is 17.0. The third-order valence-corrected chi connectivity index (χ3v) is 5.52. The molecule has 1 N–H and O–H groups in total. The summed E-state index contributed by atoms with van der Waals surface area (Å²) in [6, 6.07) is 10.3. The van der Waals surface area contributed by atoms with E-state index in [1.165, 1.54) is 4.68 Å². The van der Waals surface area contributed by atoms with Crippen molar-refractivity contribution in [2.75, 3.05) is 0 Å². The van der Waals surface area contributed by atoms with E-state index in [2.05, 4.69) is 15.4 Å². The van der Waals surface area contributed by atoms with E-state index in [1.54, 1.807) is 57.2 Å². The van der Waals surface area contributed by atoms with Crippen molar-refractivity contribution in [3.8, 4) is 11.4 Å². The lowest BCUT2D eigenvalue weighted by molar-refractivity contribution is -0.148. The number of rotatable bonds is 8. The Morgan fingerprint density at radius 3 is 2.25 bits per heavy atom. The summed E-state index contributed by atoms with van der Waals surface area (Å²) in [6.45, 7) is 7.22. The highest BCUT2D eigenvalue weighted by Crippen LogP contribution is 2.33. The van der Waals surface area contributed by atoms with Crippen LogP contribution in [0.1, 0.15) is 71.8 Å². The lowest BCUT2D eigenvalue weighted by atomic mass is 10.0. The summed E-state index contributed by atoms with van der Waals surface area (Å²) in [6.07, 6.45) is -1.32. The summed E-state index contributed by atoms with van der Waals surface area (Å²) < 4.78 is 46.5. The zero-order valence-corrected chi connectivity index (χ0v) is 20.5. The molecule has 1 atom stereocenters. The minimum absolute atomic E-state index is 0.145. The number of hydrogen-bond donors (Lipinski definition) is 1. The Morgan fingerprint density at radius 1 is 1.08 bits per heavy atom. The molecular weight excluding hydrogens is 475 g/mol. The number of carbonyl (C=O) groups is 2. The van der Waals surface area contributed by atoms with Crippen LogP contribution in [0.5, 0.6) is 5.75 Å². The van der Waals surface area contributed by atoms with Crippen molar-refractivity contribution in [1.29, 1.82) is 0 Å². The van der Waals surface area contributed by atoms with Crippen LogP contribution in [0.2, 0.25) is 0 Å². The number of amides is 1. The van der Waals surface area contributed by atoms with Crippen LogP contribution < -0.4 is 10.2 Å². The second-order valence-electron chi connectivity index (χ2n) is 8.35. The predicted octanol–water partition coefficient (Wildman–Crippen LogP) is 6.03. The zero-order valence-electron chi connectivity index (χ0n) is 20.5. The van der Waals surface area contributed by atoms with E-state index in [0.29, 0.717) is 34.5 Å². The van der Waals surface area contributed by atoms with Gasteiger partial charge in [0.1, 0.15) is 11.9 Å². The van der Waals surface area contributed by atoms with Gasteiger partial charge in [-0.15, -0.1) is 0 Å². The Bertz CT molecular complexity index is 1200. The van der Waals surface area contributed by atoms with Gasteiger partial charge in [0.2, 0.25) is 0 Å². The quantitative estimate of drug-likeness (QED) is 0.380. The van der Waals surface area contributed by atoms with E-state index in [9.17, 15) is 22.8 Å². The van der Waals surface area contributed by atoms with Crippen LogP contribution in [0.25, 0.3) is 5.69 Å². The van der Waals surface area contributed by atoms with Gasteiger partial charge in [-0.05, 0) is 61.2 Å². The molecule has 36 heavy (non-hydrogen) atoms. The van der Waals surface area contributed by atoms with E-state index >= 15 is 0 Å². The van der Waals surface area contributed by atoms with E-state index in [4.69, 9.17) is 4.74 Å². The number of hydroxylamine groups is 1. The third-order valence-electron chi connectivity index (χ3n) is 5.52. The zero-order chi connectivity index (χ0) is 26.5. The lowest BCUT2D eigenvalue weighted by Gasteiger charge is -2.21. The molecule has 10 heteroatoms. The number of halogens is 3. The number of nitrogens with zero attached hydrogens (tertiary/aromatic N) is 2. The molecule has 7 nitrogen and oxygen atoms in total. The maximum Gasteiger partial charge on any atom is 0.419 e. The molecule has 0 saturated carbocycles. The molecule has 0 fully saturated rings. The molecule has 0 saturated heterocycles. The predicted molar refractivity (Wildman–Crippen MR) is 127 cm³/mol. The number of carbonyl (C=O) groups excluding carboxylic acids is 2. The van der Waals surface area contributed by atoms with Crippen LogP contribution in [-0.4, -0.2) is 21.7 Å². The van der Waals surface area contributed by atoms with Gasteiger partial charge in [0, 0.05) is 18.2 Å². The number of aryl methyl sites for hydroxylation is 2. The van der Waals surface area contributed by atoms with Crippen molar-refractivity contribution in [3.63, 3.8) is 0 Å². The molecule has 0 radical (unpaired) electrons. The van der Waals surface area contributed by atoms with Gasteiger partial charge >= 0.3 is 12.1 Å². The standard InChI is InChI=1S/C26H28F3N3O4/c1-5-7-22(18-8-10-19(11-9-18)25(34)31-36-23(33)6-2)35-21-12-16(3)24(17(4)13-21)32-15-20(14-30-32)26(27,28)29/h8-15,22H,5-7H2,1-4H3,(H,31,34)/t22-/m0/s1. The van der Waals surface area contributed by atoms with Gasteiger partial charge < -0.3 is 9.57 Å². The highest BCUT2D eigenvalue weighted by atomic mass is 19.4. The molecule has 2 aromatic carbocycles. The Morgan fingerprint density at radius 2 is 1.72 bits per heavy atom. The minimum Gasteiger partial charge on any atom is -0.486 e. The molecule has 192 valence electrons. The first kappa shape index (κ1) is 26.8. The van der Waals surface area contributed by atoms with Gasteiger partial charge in [-0.1, -0.05) is 32.4 Å². The molecule has 0 aliphatic rings. The fourth-order valence-electron chi connectivity index (χ4n) is 3.74. The Hall–Kier alpha value is -3.82. The monoisotopic (exact) mass is 503 g/mol. The molecule has 0 spiro atoms. The van der Waals surface area contributed by atoms with Crippen molar-refractivity contribution in [2.45, 2.75) is 59.2 Å². The first-order valence-electron chi connectivity index (χ1n) is 11.5. The highest BCUT2D eigenvalue weighted by molar-refractivity contribution is 5.94. The molecule has 3 rings (SSSR count). The number of ether oxygens (including phenoxy) is 1. The molecule has 0 bridgehead atoms. The Kier molecular flexibility index (Phi) is 8.39. The molecule has 0 unspecified atom stereocenters. The highest BCUT2D eigenvalue weighted by Gasteiger charge is 2.32. The molecule has 1 heterocycles. The number of hydrogen-bond acceptors (Lipinski definition) is 5. The third kappa shape index (κ3) is 6.44. The van der Waals surface area contributed by atoms with Crippen molar-refractivity contribution in [3.05, 3.63) is 76.6 Å². The van der Waals surface area contributed by atoms with Gasteiger partial charge in [-0.25, -0.2) is 9.48 Å². The summed E-state index contributed by atoms with van der Waals surface area (Å²) >= 11 is 0. The van der Waals surface area contributed by atoms with Gasteiger partial charge in [-0.3, -0.25) is 4.79 Å². The van der Waals surface area contributed by atoms with Crippen LogP contribution in [-0.2, 0) is 15.8 Å². The fourth-order valence-corrected chi connectivity index (χ4v) is 3.74. The van der Waals surface area contributed by atoms with Gasteiger partial charge in [0.05, 0.1) is 17.4 Å². The molecule has 0 aliphatic carbocycles. The van der Waals surface area contributed by atoms with Crippen LogP contribution in [0.15, 0.2) is 48.8 Å². The Labute approximate surface area is 207 Å². The summed E-state index contributed by atoms with van der Waals surface area (Å²) in [5, 5.41) is 3.89. The summed E-state index contributed by atoms with van der Waals surface area (Å²) in [7, 11) is 0. The largest absolute Gasteiger partial charge is 0.486 e. The summed E-state index contributed by atoms with van der Waals surface area (Å²) in [4.78, 5) is 28.0. The van der Waals surface area contributed by atoms with Crippen LogP contribution in [0.4, 0.5) is 13.2 Å². The normalized spacial score (nSPS) is 12.2. The Balaban J connectivity index is 1.79. The lowest BCUT2D eigenvalue weighted by Crippen LogP contribution is -2.26. The molecule has 1 amide bonds. The van der Waals surface area contributed by atoms with Crippen LogP contribution in [0, 0.1) is 13.8 Å². The number of alkyl halides is 3. The SMILES string of the molecule is CCC[C@H](Oc1cc(C)c(-n2cc(C(F)(F)F)cn2)c(C)c1)c1ccc(C(=O)NOC(=O)CC)cc1. The number of aromatic nitrogens is 2. The van der Waals surface area contributed by atoms with Crippen LogP contribution >= 0.6 is 0 Å². The minimum atomic E-state index is -4.47. The smallest absolute Gasteiger partial charge is 0.419 e. The van der Waals surface area contributed by atoms with E-state index in [1.807, 2.05) is 6.92 Å². The molecule has 0 aliphatic heterocycles. The fraction of sp³-hybridized carbons (Fsp3) is 0.346. The van der Waals surface area contributed by atoms with E-state index in [-0.39, 0.29) is 12.5 Å². The van der Waals surface area contributed by atoms with Gasteiger partial charge in [0.15, 0.2) is 0 Å². The second-order valence-corrected chi connectivity index (χ2v) is 8.35. The van der Waals surface area contributed by atoms with Crippen molar-refractivity contribution >= 4 is 11.9 Å². The summed E-state index contributed by atoms with van der Waals surface area (Å²) in [5.41, 5.74) is 4.46. The van der Waals surface area contributed by atoms with Crippen molar-refractivity contribution < 1.29 is 32.3 Å². The number of nitrogens with one attached hydrogen (secondary N) is 1. The second kappa shape index (κ2) is 11.3. The van der Waals surface area contributed by atoms with Gasteiger partial charge in [-0.2, -0.15) is 23.8 Å². The van der Waals surface area contributed by atoms with E-state index < -0.39 is 23.6 Å². The van der Waals surface area contributed by atoms with E-state index in [0.717, 1.165) is 24.4 Å². The first-order valence-corrected chi connectivity index (χ1v) is 11.5. The van der Waals surface area contributed by atoms with Gasteiger partial charge in [0.25, 0.3) is 5.91 Å². The summed E-state index contributed by atoms with van der Waals surface area (Å²) in [5.74, 6) is -0.504. The average molecular weight is 504 g/mol. The molecular formula is C26H28F3N3O4. The van der Waals surface area contributed by atoms with Crippen LogP contribution in [0.3, 0.4) is 0 Å². The number of benzene rings is 2. The average Bonchev–Trinajstić information content (AvgIpc) is 3.32. The maximum atomic E-state index is 13.0. The van der Waals surface area contributed by atoms with Crippen molar-refractivity contribution in [2.24, 2.45) is 0 Å². The topological polar surface area (TPSA) is 82.5 Å².